The predicted molar refractivity (Wildman–Crippen MR) is 107 cm³/mol. The largest absolute Gasteiger partial charge is 0.573 e. The normalized spacial score (nSPS) is 12.3. The van der Waals surface area contributed by atoms with Gasteiger partial charge >= 0.3 is 6.36 Å². The standard InChI is InChI=1S/C20H18F3N3O5S/c21-20(22,23)31-16-9-5-4-8-15(16)13-32(29,30)17(19(28)25-11-10-24)12-26-18(27)14-6-2-1-3-7-14/h1-9,17H,11-13H2,(H,25,28)(H,26,27). The van der Waals surface area contributed by atoms with E-state index in [1.54, 1.807) is 24.3 Å². The summed E-state index contributed by atoms with van der Waals surface area (Å²) in [5.41, 5.74) is -0.109. The molecule has 12 heteroatoms. The molecule has 2 rings (SSSR count). The highest BCUT2D eigenvalue weighted by molar-refractivity contribution is 7.92. The summed E-state index contributed by atoms with van der Waals surface area (Å²) in [7, 11) is -4.44. The Morgan fingerprint density at radius 2 is 1.66 bits per heavy atom. The zero-order chi connectivity index (χ0) is 23.8. The summed E-state index contributed by atoms with van der Waals surface area (Å²) in [5.74, 6) is -3.42. The molecule has 0 spiro atoms. The first-order valence-electron chi connectivity index (χ1n) is 9.06. The Bertz CT molecular complexity index is 1100. The van der Waals surface area contributed by atoms with Gasteiger partial charge in [0.25, 0.3) is 5.91 Å². The van der Waals surface area contributed by atoms with E-state index in [0.717, 1.165) is 12.1 Å². The number of halogens is 3. The maximum Gasteiger partial charge on any atom is 0.573 e. The van der Waals surface area contributed by atoms with Crippen LogP contribution in [0.4, 0.5) is 13.2 Å². The lowest BCUT2D eigenvalue weighted by molar-refractivity contribution is -0.274. The fourth-order valence-corrected chi connectivity index (χ4v) is 4.28. The van der Waals surface area contributed by atoms with Crippen LogP contribution in [0.2, 0.25) is 0 Å². The number of carbonyl (C=O) groups excluding carboxylic acids is 2. The molecular weight excluding hydrogens is 451 g/mol. The van der Waals surface area contributed by atoms with E-state index in [4.69, 9.17) is 5.26 Å². The first-order chi connectivity index (χ1) is 15.0. The van der Waals surface area contributed by atoms with Gasteiger partial charge in [-0.1, -0.05) is 36.4 Å². The van der Waals surface area contributed by atoms with Crippen molar-refractivity contribution < 1.29 is 35.9 Å². The highest BCUT2D eigenvalue weighted by Crippen LogP contribution is 2.28. The molecule has 170 valence electrons. The molecule has 32 heavy (non-hydrogen) atoms. The number of para-hydroxylation sites is 1. The molecule has 2 aromatic rings. The van der Waals surface area contributed by atoms with Crippen molar-refractivity contribution in [2.75, 3.05) is 13.1 Å². The van der Waals surface area contributed by atoms with Crippen molar-refractivity contribution in [3.63, 3.8) is 0 Å². The number of nitrogens with one attached hydrogen (secondary N) is 2. The van der Waals surface area contributed by atoms with E-state index in [1.807, 2.05) is 0 Å². The van der Waals surface area contributed by atoms with Gasteiger partial charge in [0.05, 0.1) is 11.8 Å². The zero-order valence-corrected chi connectivity index (χ0v) is 17.2. The van der Waals surface area contributed by atoms with E-state index >= 15 is 0 Å². The second-order valence-corrected chi connectivity index (χ2v) is 8.59. The van der Waals surface area contributed by atoms with E-state index in [2.05, 4.69) is 15.4 Å². The second kappa shape index (κ2) is 10.6. The molecule has 0 aliphatic heterocycles. The van der Waals surface area contributed by atoms with Crippen molar-refractivity contribution in [3.05, 3.63) is 65.7 Å². The number of alkyl halides is 3. The van der Waals surface area contributed by atoms with Crippen LogP contribution in [0.3, 0.4) is 0 Å². The van der Waals surface area contributed by atoms with E-state index in [-0.39, 0.29) is 11.1 Å². The molecule has 0 aromatic heterocycles. The summed E-state index contributed by atoms with van der Waals surface area (Å²) >= 11 is 0. The van der Waals surface area contributed by atoms with E-state index < -0.39 is 57.9 Å². The first kappa shape index (κ1) is 24.7. The maximum absolute atomic E-state index is 12.9. The highest BCUT2D eigenvalue weighted by atomic mass is 32.2. The number of nitriles is 1. The summed E-state index contributed by atoms with van der Waals surface area (Å²) < 4.78 is 67.7. The monoisotopic (exact) mass is 469 g/mol. The zero-order valence-electron chi connectivity index (χ0n) is 16.4. The van der Waals surface area contributed by atoms with Crippen molar-refractivity contribution in [1.82, 2.24) is 10.6 Å². The van der Waals surface area contributed by atoms with Gasteiger partial charge in [0.2, 0.25) is 5.91 Å². The fraction of sp³-hybridized carbons (Fsp3) is 0.250. The molecular formula is C20H18F3N3O5S. The second-order valence-electron chi connectivity index (χ2n) is 6.40. The maximum atomic E-state index is 12.9. The Hall–Kier alpha value is -3.59. The average Bonchev–Trinajstić information content (AvgIpc) is 2.73. The molecule has 0 radical (unpaired) electrons. The average molecular weight is 469 g/mol. The number of ether oxygens (including phenoxy) is 1. The van der Waals surface area contributed by atoms with Gasteiger partial charge < -0.3 is 15.4 Å². The van der Waals surface area contributed by atoms with Crippen molar-refractivity contribution in [1.29, 1.82) is 5.26 Å². The smallest absolute Gasteiger partial charge is 0.405 e. The lowest BCUT2D eigenvalue weighted by Gasteiger charge is -2.19. The fourth-order valence-electron chi connectivity index (χ4n) is 2.66. The summed E-state index contributed by atoms with van der Waals surface area (Å²) in [6.07, 6.45) is -5.05. The SMILES string of the molecule is N#CCNC(=O)C(CNC(=O)c1ccccc1)S(=O)(=O)Cc1ccccc1OC(F)(F)F. The third kappa shape index (κ3) is 7.28. The third-order valence-corrected chi connectivity index (χ3v) is 6.07. The van der Waals surface area contributed by atoms with Crippen LogP contribution >= 0.6 is 0 Å². The Labute approximate surface area is 181 Å². The molecule has 1 atom stereocenters. The number of hydrogen-bond acceptors (Lipinski definition) is 6. The molecule has 2 N–H and O–H groups in total. The van der Waals surface area contributed by atoms with Crippen molar-refractivity contribution in [2.45, 2.75) is 17.4 Å². The third-order valence-electron chi connectivity index (χ3n) is 4.11. The van der Waals surface area contributed by atoms with Crippen LogP contribution in [0.25, 0.3) is 0 Å². The van der Waals surface area contributed by atoms with Gasteiger partial charge in [0, 0.05) is 17.7 Å². The Kier molecular flexibility index (Phi) is 8.20. The molecule has 2 amide bonds. The Balaban J connectivity index is 2.27. The number of nitrogens with zero attached hydrogens (tertiary/aromatic N) is 1. The molecule has 1 unspecified atom stereocenters. The van der Waals surface area contributed by atoms with E-state index in [1.165, 1.54) is 24.3 Å². The van der Waals surface area contributed by atoms with Crippen LogP contribution in [-0.2, 0) is 20.4 Å². The van der Waals surface area contributed by atoms with Crippen molar-refractivity contribution in [3.8, 4) is 11.8 Å². The van der Waals surface area contributed by atoms with Gasteiger partial charge in [-0.25, -0.2) is 8.42 Å². The minimum Gasteiger partial charge on any atom is -0.405 e. The molecule has 0 bridgehead atoms. The molecule has 8 nitrogen and oxygen atoms in total. The topological polar surface area (TPSA) is 125 Å². The van der Waals surface area contributed by atoms with Gasteiger partial charge in [-0.3, -0.25) is 9.59 Å². The number of amides is 2. The lowest BCUT2D eigenvalue weighted by Crippen LogP contribution is -2.47. The molecule has 0 saturated heterocycles. The van der Waals surface area contributed by atoms with E-state index in [0.29, 0.717) is 0 Å². The van der Waals surface area contributed by atoms with Gasteiger partial charge in [0.1, 0.15) is 12.3 Å². The first-order valence-corrected chi connectivity index (χ1v) is 10.8. The quantitative estimate of drug-likeness (QED) is 0.541. The molecule has 0 heterocycles. The van der Waals surface area contributed by atoms with E-state index in [9.17, 15) is 31.2 Å². The summed E-state index contributed by atoms with van der Waals surface area (Å²) in [6, 6.07) is 14.0. The Morgan fingerprint density at radius 3 is 2.28 bits per heavy atom. The number of sulfone groups is 1. The minimum atomic E-state index is -5.05. The van der Waals surface area contributed by atoms with Crippen molar-refractivity contribution >= 4 is 21.7 Å². The number of rotatable bonds is 9. The summed E-state index contributed by atoms with van der Waals surface area (Å²) in [4.78, 5) is 24.6. The lowest BCUT2D eigenvalue weighted by atomic mass is 10.2. The molecule has 0 saturated carbocycles. The van der Waals surface area contributed by atoms with Crippen LogP contribution < -0.4 is 15.4 Å². The minimum absolute atomic E-state index is 0.213. The number of benzene rings is 2. The van der Waals surface area contributed by atoms with Crippen LogP contribution in [0.5, 0.6) is 5.75 Å². The highest BCUT2D eigenvalue weighted by Gasteiger charge is 2.36. The molecule has 0 aliphatic rings. The predicted octanol–water partition coefficient (Wildman–Crippen LogP) is 1.94. The van der Waals surface area contributed by atoms with Crippen LogP contribution in [-0.4, -0.2) is 44.9 Å². The molecule has 0 aliphatic carbocycles. The van der Waals surface area contributed by atoms with Crippen molar-refractivity contribution in [2.24, 2.45) is 0 Å². The summed E-state index contributed by atoms with van der Waals surface area (Å²) in [5, 5.41) is 11.2. The van der Waals surface area contributed by atoms with Gasteiger partial charge in [-0.05, 0) is 18.2 Å². The van der Waals surface area contributed by atoms with Crippen LogP contribution in [0.1, 0.15) is 15.9 Å². The van der Waals surface area contributed by atoms with Gasteiger partial charge in [0.15, 0.2) is 15.1 Å². The number of hydrogen-bond donors (Lipinski definition) is 2. The molecule has 0 fully saturated rings. The van der Waals surface area contributed by atoms with Crippen LogP contribution in [0.15, 0.2) is 54.6 Å². The Morgan fingerprint density at radius 1 is 1.03 bits per heavy atom. The summed E-state index contributed by atoms with van der Waals surface area (Å²) in [6.45, 7) is -1.15. The van der Waals surface area contributed by atoms with Gasteiger partial charge in [-0.2, -0.15) is 5.26 Å². The molecule has 2 aromatic carbocycles. The van der Waals surface area contributed by atoms with Gasteiger partial charge in [-0.15, -0.1) is 13.2 Å². The van der Waals surface area contributed by atoms with Crippen LogP contribution in [0, 0.1) is 11.3 Å². The number of carbonyl (C=O) groups is 2.